The summed E-state index contributed by atoms with van der Waals surface area (Å²) in [6.45, 7) is 6.30. The molecule has 0 spiro atoms. The Hall–Kier alpha value is -2.53. The zero-order valence-corrected chi connectivity index (χ0v) is 14.6. The minimum atomic E-state index is -0.277. The topological polar surface area (TPSA) is 37.3 Å². The van der Waals surface area contributed by atoms with Crippen molar-refractivity contribution in [3.05, 3.63) is 69.8 Å². The summed E-state index contributed by atoms with van der Waals surface area (Å²) in [6.07, 6.45) is 1.58. The molecule has 3 nitrogen and oxygen atoms in total. The van der Waals surface area contributed by atoms with Gasteiger partial charge in [0, 0.05) is 10.9 Å². The molecule has 0 fully saturated rings. The van der Waals surface area contributed by atoms with Crippen molar-refractivity contribution < 1.29 is 4.39 Å². The molecule has 0 amide bonds. The van der Waals surface area contributed by atoms with Gasteiger partial charge in [0.15, 0.2) is 0 Å². The van der Waals surface area contributed by atoms with Crippen molar-refractivity contribution in [2.24, 2.45) is 5.10 Å². The summed E-state index contributed by atoms with van der Waals surface area (Å²) in [5, 5.41) is 6.85. The number of thiazole rings is 1. The second-order valence-electron chi connectivity index (χ2n) is 5.74. The lowest BCUT2D eigenvalue weighted by atomic mass is 9.98. The number of hydrogen-bond acceptors (Lipinski definition) is 4. The number of halogens is 1. The van der Waals surface area contributed by atoms with Crippen LogP contribution < -0.4 is 5.43 Å². The van der Waals surface area contributed by atoms with E-state index in [4.69, 9.17) is 0 Å². The summed E-state index contributed by atoms with van der Waals surface area (Å²) in [6, 6.07) is 10.6. The van der Waals surface area contributed by atoms with E-state index in [-0.39, 0.29) is 5.82 Å². The van der Waals surface area contributed by atoms with Crippen LogP contribution >= 0.6 is 11.3 Å². The molecule has 24 heavy (non-hydrogen) atoms. The molecule has 1 N–H and O–H groups in total. The minimum Gasteiger partial charge on any atom is -0.253 e. The highest BCUT2D eigenvalue weighted by Gasteiger charge is 2.10. The molecule has 2 aromatic carbocycles. The molecule has 0 bridgehead atoms. The van der Waals surface area contributed by atoms with Gasteiger partial charge in [0.25, 0.3) is 0 Å². The maximum atomic E-state index is 13.1. The number of benzene rings is 2. The van der Waals surface area contributed by atoms with Gasteiger partial charge >= 0.3 is 0 Å². The molecular formula is C19H18FN3S. The van der Waals surface area contributed by atoms with Gasteiger partial charge in [-0.25, -0.2) is 9.37 Å². The van der Waals surface area contributed by atoms with Gasteiger partial charge in [-0.05, 0) is 49.6 Å². The summed E-state index contributed by atoms with van der Waals surface area (Å²) in [7, 11) is 0. The van der Waals surface area contributed by atoms with Crippen molar-refractivity contribution in [1.29, 1.82) is 0 Å². The molecule has 1 heterocycles. The van der Waals surface area contributed by atoms with E-state index in [0.717, 1.165) is 5.69 Å². The van der Waals surface area contributed by atoms with Crippen molar-refractivity contribution in [3.63, 3.8) is 0 Å². The number of hydrazone groups is 1. The predicted octanol–water partition coefficient (Wildman–Crippen LogP) is 5.32. The summed E-state index contributed by atoms with van der Waals surface area (Å²) in [5.41, 5.74) is 9.40. The molecule has 0 aliphatic rings. The van der Waals surface area contributed by atoms with Gasteiger partial charge < -0.3 is 0 Å². The second kappa shape index (κ2) is 6.93. The maximum absolute atomic E-state index is 13.1. The van der Waals surface area contributed by atoms with E-state index < -0.39 is 0 Å². The van der Waals surface area contributed by atoms with Crippen molar-refractivity contribution in [3.8, 4) is 11.3 Å². The summed E-state index contributed by atoms with van der Waals surface area (Å²) in [5.74, 6) is -0.277. The van der Waals surface area contributed by atoms with Gasteiger partial charge in [-0.1, -0.05) is 29.8 Å². The zero-order valence-electron chi connectivity index (χ0n) is 13.8. The van der Waals surface area contributed by atoms with Crippen molar-refractivity contribution in [1.82, 2.24) is 4.98 Å². The average Bonchev–Trinajstić information content (AvgIpc) is 2.95. The van der Waals surface area contributed by atoms with Crippen LogP contribution in [0.1, 0.15) is 22.3 Å². The zero-order chi connectivity index (χ0) is 17.1. The van der Waals surface area contributed by atoms with Crippen LogP contribution in [0.25, 0.3) is 11.3 Å². The largest absolute Gasteiger partial charge is 0.253 e. The highest BCUT2D eigenvalue weighted by atomic mass is 32.1. The van der Waals surface area contributed by atoms with Crippen LogP contribution in [0.5, 0.6) is 0 Å². The van der Waals surface area contributed by atoms with E-state index in [1.165, 1.54) is 45.7 Å². The van der Waals surface area contributed by atoms with Crippen LogP contribution in [0.4, 0.5) is 9.52 Å². The fraction of sp³-hybridized carbons (Fsp3) is 0.158. The SMILES string of the molecule is Cc1cc(C)c(-c2csc(N/N=C\c3cccc(F)c3)n2)c(C)c1. The van der Waals surface area contributed by atoms with Crippen molar-refractivity contribution in [2.75, 3.05) is 5.43 Å². The lowest BCUT2D eigenvalue weighted by molar-refractivity contribution is 0.627. The van der Waals surface area contributed by atoms with Gasteiger partial charge in [0.05, 0.1) is 11.9 Å². The first-order valence-electron chi connectivity index (χ1n) is 7.61. The Balaban J connectivity index is 1.77. The number of rotatable bonds is 4. The second-order valence-corrected chi connectivity index (χ2v) is 6.59. The number of nitrogens with zero attached hydrogens (tertiary/aromatic N) is 2. The minimum absolute atomic E-state index is 0.277. The monoisotopic (exact) mass is 339 g/mol. The Morgan fingerprint density at radius 3 is 2.58 bits per heavy atom. The lowest BCUT2D eigenvalue weighted by Gasteiger charge is -2.08. The molecule has 5 heteroatoms. The predicted molar refractivity (Wildman–Crippen MR) is 99.4 cm³/mol. The fourth-order valence-corrected chi connectivity index (χ4v) is 3.42. The molecule has 0 atom stereocenters. The first kappa shape index (κ1) is 16.3. The summed E-state index contributed by atoms with van der Waals surface area (Å²) < 4.78 is 13.1. The Morgan fingerprint density at radius 1 is 1.12 bits per heavy atom. The molecule has 0 radical (unpaired) electrons. The van der Waals surface area contributed by atoms with E-state index in [9.17, 15) is 4.39 Å². The van der Waals surface area contributed by atoms with Crippen LogP contribution in [-0.2, 0) is 0 Å². The smallest absolute Gasteiger partial charge is 0.203 e. The molecule has 0 unspecified atom stereocenters. The molecule has 3 aromatic rings. The number of aromatic nitrogens is 1. The van der Waals surface area contributed by atoms with Gasteiger partial charge in [-0.15, -0.1) is 11.3 Å². The number of anilines is 1. The van der Waals surface area contributed by atoms with Crippen LogP contribution in [0.15, 0.2) is 46.9 Å². The normalized spacial score (nSPS) is 11.2. The quantitative estimate of drug-likeness (QED) is 0.516. The third-order valence-corrected chi connectivity index (χ3v) is 4.41. The Labute approximate surface area is 144 Å². The lowest BCUT2D eigenvalue weighted by Crippen LogP contribution is -1.92. The van der Waals surface area contributed by atoms with E-state index in [1.54, 1.807) is 18.3 Å². The number of aryl methyl sites for hydroxylation is 3. The standard InChI is InChI=1S/C19H18FN3S/c1-12-7-13(2)18(14(3)8-12)17-11-24-19(22-17)23-21-10-15-5-4-6-16(20)9-15/h4-11H,1-3H3,(H,22,23)/b21-10-. The van der Waals surface area contributed by atoms with Crippen LogP contribution in [0, 0.1) is 26.6 Å². The molecule has 0 saturated heterocycles. The van der Waals surface area contributed by atoms with Gasteiger partial charge in [0.2, 0.25) is 5.13 Å². The van der Waals surface area contributed by atoms with E-state index in [0.29, 0.717) is 10.7 Å². The molecule has 1 aromatic heterocycles. The third-order valence-electron chi connectivity index (χ3n) is 3.66. The Morgan fingerprint density at radius 2 is 1.88 bits per heavy atom. The first-order valence-corrected chi connectivity index (χ1v) is 8.49. The van der Waals surface area contributed by atoms with Gasteiger partial charge in [-0.3, -0.25) is 5.43 Å². The fourth-order valence-electron chi connectivity index (χ4n) is 2.77. The van der Waals surface area contributed by atoms with E-state index in [1.807, 2.05) is 5.38 Å². The van der Waals surface area contributed by atoms with Crippen LogP contribution in [0.3, 0.4) is 0 Å². The van der Waals surface area contributed by atoms with Gasteiger partial charge in [-0.2, -0.15) is 5.10 Å². The first-order chi connectivity index (χ1) is 11.5. The average molecular weight is 339 g/mol. The number of nitrogens with one attached hydrogen (secondary N) is 1. The molecule has 122 valence electrons. The molecule has 0 aliphatic carbocycles. The van der Waals surface area contributed by atoms with Gasteiger partial charge in [0.1, 0.15) is 5.82 Å². The molecule has 0 aliphatic heterocycles. The van der Waals surface area contributed by atoms with Crippen molar-refractivity contribution >= 4 is 22.7 Å². The van der Waals surface area contributed by atoms with E-state index >= 15 is 0 Å². The Bertz CT molecular complexity index is 876. The van der Waals surface area contributed by atoms with Crippen molar-refractivity contribution in [2.45, 2.75) is 20.8 Å². The summed E-state index contributed by atoms with van der Waals surface area (Å²) in [4.78, 5) is 4.60. The van der Waals surface area contributed by atoms with E-state index in [2.05, 4.69) is 48.4 Å². The maximum Gasteiger partial charge on any atom is 0.203 e. The highest BCUT2D eigenvalue weighted by molar-refractivity contribution is 7.14. The number of hydrogen-bond donors (Lipinski definition) is 1. The highest BCUT2D eigenvalue weighted by Crippen LogP contribution is 2.30. The summed E-state index contributed by atoms with van der Waals surface area (Å²) >= 11 is 1.49. The Kier molecular flexibility index (Phi) is 4.71. The third kappa shape index (κ3) is 3.68. The molecule has 0 saturated carbocycles. The van der Waals surface area contributed by atoms with Crippen LogP contribution in [0.2, 0.25) is 0 Å². The van der Waals surface area contributed by atoms with Crippen LogP contribution in [-0.4, -0.2) is 11.2 Å². The molecule has 3 rings (SSSR count). The molecular weight excluding hydrogens is 321 g/mol.